The SMILES string of the molecule is COc1ccc(Nc2cc(C)nc3ccc4[nH]c(=O)[nH]c4c23)cc1.Cl. The summed E-state index contributed by atoms with van der Waals surface area (Å²) in [7, 11) is 1.64. The molecule has 0 aliphatic heterocycles. The highest BCUT2D eigenvalue weighted by Gasteiger charge is 2.11. The van der Waals surface area contributed by atoms with Gasteiger partial charge in [-0.25, -0.2) is 4.79 Å². The van der Waals surface area contributed by atoms with E-state index in [1.165, 1.54) is 0 Å². The molecule has 0 unspecified atom stereocenters. The molecule has 0 amide bonds. The molecule has 3 N–H and O–H groups in total. The Morgan fingerprint density at radius 2 is 1.84 bits per heavy atom. The summed E-state index contributed by atoms with van der Waals surface area (Å²) < 4.78 is 5.19. The molecule has 0 saturated carbocycles. The number of aromatic amines is 2. The number of hydrogen-bond acceptors (Lipinski definition) is 4. The minimum absolute atomic E-state index is 0. The van der Waals surface area contributed by atoms with E-state index in [2.05, 4.69) is 20.3 Å². The summed E-state index contributed by atoms with van der Waals surface area (Å²) >= 11 is 0. The van der Waals surface area contributed by atoms with Crippen molar-refractivity contribution >= 4 is 45.7 Å². The second-order valence-corrected chi connectivity index (χ2v) is 5.63. The molecule has 0 aliphatic rings. The number of anilines is 2. The molecule has 2 aromatic heterocycles. The fourth-order valence-electron chi connectivity index (χ4n) is 2.89. The van der Waals surface area contributed by atoms with Gasteiger partial charge in [-0.2, -0.15) is 0 Å². The van der Waals surface area contributed by atoms with Gasteiger partial charge in [-0.3, -0.25) is 4.98 Å². The molecule has 2 aromatic carbocycles. The van der Waals surface area contributed by atoms with Gasteiger partial charge in [0.1, 0.15) is 5.75 Å². The molecule has 0 bridgehead atoms. The first-order valence-corrected chi connectivity index (χ1v) is 7.57. The first kappa shape index (κ1) is 16.9. The summed E-state index contributed by atoms with van der Waals surface area (Å²) in [6.45, 7) is 1.95. The molecule has 25 heavy (non-hydrogen) atoms. The van der Waals surface area contributed by atoms with Gasteiger partial charge in [0.15, 0.2) is 0 Å². The van der Waals surface area contributed by atoms with Crippen LogP contribution in [0.4, 0.5) is 11.4 Å². The number of fused-ring (bicyclic) bond motifs is 3. The summed E-state index contributed by atoms with van der Waals surface area (Å²) in [5.74, 6) is 0.800. The highest BCUT2D eigenvalue weighted by molar-refractivity contribution is 6.10. The Morgan fingerprint density at radius 3 is 2.56 bits per heavy atom. The van der Waals surface area contributed by atoms with Gasteiger partial charge in [0, 0.05) is 16.8 Å². The van der Waals surface area contributed by atoms with Crippen LogP contribution >= 0.6 is 12.4 Å². The van der Waals surface area contributed by atoms with Crippen LogP contribution in [0.5, 0.6) is 5.75 Å². The maximum atomic E-state index is 11.7. The predicted molar refractivity (Wildman–Crippen MR) is 102 cm³/mol. The Morgan fingerprint density at radius 1 is 1.08 bits per heavy atom. The standard InChI is InChI=1S/C18H16N4O2.ClH/c1-10-9-15(20-11-3-5-12(24-2)6-4-11)16-13(19-10)7-8-14-17(16)22-18(23)21-14;/h3-9H,1-2H3,(H,19,20)(H2,21,22,23);1H. The molecule has 4 aromatic rings. The lowest BCUT2D eigenvalue weighted by Gasteiger charge is -2.12. The zero-order valence-corrected chi connectivity index (χ0v) is 14.5. The van der Waals surface area contributed by atoms with Gasteiger partial charge < -0.3 is 20.0 Å². The molecule has 128 valence electrons. The molecular weight excluding hydrogens is 340 g/mol. The highest BCUT2D eigenvalue weighted by atomic mass is 35.5. The van der Waals surface area contributed by atoms with Gasteiger partial charge in [-0.05, 0) is 49.4 Å². The molecule has 0 aliphatic carbocycles. The number of hydrogen-bond donors (Lipinski definition) is 3. The number of ether oxygens (including phenoxy) is 1. The Balaban J connectivity index is 0.00000182. The molecule has 2 heterocycles. The van der Waals surface area contributed by atoms with Gasteiger partial charge in [0.05, 0.1) is 29.3 Å². The van der Waals surface area contributed by atoms with Crippen LogP contribution in [0.3, 0.4) is 0 Å². The maximum Gasteiger partial charge on any atom is 0.323 e. The zero-order valence-electron chi connectivity index (χ0n) is 13.7. The van der Waals surface area contributed by atoms with Crippen LogP contribution < -0.4 is 15.7 Å². The second-order valence-electron chi connectivity index (χ2n) is 5.63. The van der Waals surface area contributed by atoms with E-state index in [-0.39, 0.29) is 18.1 Å². The van der Waals surface area contributed by atoms with Gasteiger partial charge in [0.2, 0.25) is 0 Å². The average Bonchev–Trinajstić information content (AvgIpc) is 2.95. The van der Waals surface area contributed by atoms with Crippen molar-refractivity contribution in [2.24, 2.45) is 0 Å². The quantitative estimate of drug-likeness (QED) is 0.520. The zero-order chi connectivity index (χ0) is 16.7. The van der Waals surface area contributed by atoms with E-state index in [1.807, 2.05) is 49.4 Å². The summed E-state index contributed by atoms with van der Waals surface area (Å²) in [4.78, 5) is 21.9. The summed E-state index contributed by atoms with van der Waals surface area (Å²) in [6.07, 6.45) is 0. The van der Waals surface area contributed by atoms with E-state index < -0.39 is 0 Å². The number of methoxy groups -OCH3 is 1. The Hall–Kier alpha value is -2.99. The highest BCUT2D eigenvalue weighted by Crippen LogP contribution is 2.31. The van der Waals surface area contributed by atoms with Gasteiger partial charge in [-0.1, -0.05) is 0 Å². The van der Waals surface area contributed by atoms with Crippen molar-refractivity contribution in [3.8, 4) is 5.75 Å². The number of nitrogens with zero attached hydrogens (tertiary/aromatic N) is 1. The first-order chi connectivity index (χ1) is 11.6. The van der Waals surface area contributed by atoms with Crippen LogP contribution in [0.1, 0.15) is 5.69 Å². The number of H-pyrrole nitrogens is 2. The van der Waals surface area contributed by atoms with Crippen LogP contribution in [0, 0.1) is 6.92 Å². The third-order valence-corrected chi connectivity index (χ3v) is 3.96. The van der Waals surface area contributed by atoms with Crippen molar-refractivity contribution in [3.63, 3.8) is 0 Å². The largest absolute Gasteiger partial charge is 0.497 e. The van der Waals surface area contributed by atoms with Crippen molar-refractivity contribution in [1.82, 2.24) is 15.0 Å². The van der Waals surface area contributed by atoms with E-state index in [4.69, 9.17) is 4.74 Å². The molecule has 0 spiro atoms. The van der Waals surface area contributed by atoms with Crippen molar-refractivity contribution in [1.29, 1.82) is 0 Å². The van der Waals surface area contributed by atoms with Gasteiger partial charge >= 0.3 is 5.69 Å². The van der Waals surface area contributed by atoms with E-state index in [1.54, 1.807) is 7.11 Å². The number of rotatable bonds is 3. The summed E-state index contributed by atoms with van der Waals surface area (Å²) in [5.41, 5.74) is 4.83. The Kier molecular flexibility index (Phi) is 4.37. The molecule has 6 nitrogen and oxygen atoms in total. The Bertz CT molecular complexity index is 1100. The van der Waals surface area contributed by atoms with E-state index in [0.717, 1.165) is 44.8 Å². The average molecular weight is 357 g/mol. The molecule has 7 heteroatoms. The maximum absolute atomic E-state index is 11.7. The molecule has 0 atom stereocenters. The minimum atomic E-state index is -0.228. The van der Waals surface area contributed by atoms with Crippen molar-refractivity contribution in [2.75, 3.05) is 12.4 Å². The molecule has 0 fully saturated rings. The predicted octanol–water partition coefficient (Wildman–Crippen LogP) is 3.89. The number of nitrogens with one attached hydrogen (secondary N) is 3. The van der Waals surface area contributed by atoms with Crippen molar-refractivity contribution in [2.45, 2.75) is 6.92 Å². The fourth-order valence-corrected chi connectivity index (χ4v) is 2.89. The minimum Gasteiger partial charge on any atom is -0.497 e. The number of benzene rings is 2. The third kappa shape index (κ3) is 3.04. The van der Waals surface area contributed by atoms with Crippen molar-refractivity contribution < 1.29 is 4.74 Å². The molecule has 0 radical (unpaired) electrons. The normalized spacial score (nSPS) is 10.6. The second kappa shape index (κ2) is 6.49. The van der Waals surface area contributed by atoms with Crippen LogP contribution in [0.25, 0.3) is 21.9 Å². The van der Waals surface area contributed by atoms with Crippen molar-refractivity contribution in [3.05, 3.63) is 58.6 Å². The van der Waals surface area contributed by atoms with Crippen LogP contribution in [-0.2, 0) is 0 Å². The topological polar surface area (TPSA) is 82.8 Å². The lowest BCUT2D eigenvalue weighted by Crippen LogP contribution is -1.99. The van der Waals surface area contributed by atoms with Gasteiger partial charge in [-0.15, -0.1) is 12.4 Å². The number of imidazole rings is 1. The van der Waals surface area contributed by atoms with E-state index in [0.29, 0.717) is 0 Å². The smallest absolute Gasteiger partial charge is 0.323 e. The summed E-state index contributed by atoms with van der Waals surface area (Å²) in [6, 6.07) is 13.4. The Labute approximate surface area is 149 Å². The summed E-state index contributed by atoms with van der Waals surface area (Å²) in [5, 5.41) is 4.29. The third-order valence-electron chi connectivity index (χ3n) is 3.96. The van der Waals surface area contributed by atoms with Crippen LogP contribution in [0.2, 0.25) is 0 Å². The first-order valence-electron chi connectivity index (χ1n) is 7.57. The van der Waals surface area contributed by atoms with Crippen LogP contribution in [0.15, 0.2) is 47.3 Å². The van der Waals surface area contributed by atoms with Crippen LogP contribution in [-0.4, -0.2) is 22.1 Å². The number of halogens is 1. The molecular formula is C18H17ClN4O2. The molecule has 4 rings (SSSR count). The lowest BCUT2D eigenvalue weighted by atomic mass is 10.1. The fraction of sp³-hybridized carbons (Fsp3) is 0.111. The van der Waals surface area contributed by atoms with E-state index in [9.17, 15) is 4.79 Å². The van der Waals surface area contributed by atoms with E-state index >= 15 is 0 Å². The number of pyridine rings is 1. The number of aromatic nitrogens is 3. The number of aryl methyl sites for hydroxylation is 1. The lowest BCUT2D eigenvalue weighted by molar-refractivity contribution is 0.415. The monoisotopic (exact) mass is 356 g/mol. The molecule has 0 saturated heterocycles. The van der Waals surface area contributed by atoms with Gasteiger partial charge in [0.25, 0.3) is 0 Å².